The summed E-state index contributed by atoms with van der Waals surface area (Å²) in [4.78, 5) is 2.19. The van der Waals surface area contributed by atoms with Crippen molar-refractivity contribution in [2.45, 2.75) is 6.17 Å². The molecule has 0 saturated heterocycles. The maximum absolute atomic E-state index is 6.31. The number of allylic oxidation sites excluding steroid dienone is 2. The molecule has 3 nitrogen and oxygen atoms in total. The lowest BCUT2D eigenvalue weighted by Gasteiger charge is -2.20. The molecule has 3 heterocycles. The topological polar surface area (TPSA) is 28.4 Å². The standard InChI is InChI=1S/C35H24N2O/c1-2-12-29-27(10-1)30(21-31-28-11-3-4-13-33(28)38-35(29)31)26-9-7-8-25(20-26)23-15-17-24(18-16-23)32-22-37-19-6-5-14-34(37)36-32/h1-22,34,36H. The van der Waals surface area contributed by atoms with Crippen LogP contribution >= 0.6 is 0 Å². The highest BCUT2D eigenvalue weighted by molar-refractivity contribution is 6.19. The molecule has 0 saturated carbocycles. The fourth-order valence-electron chi connectivity index (χ4n) is 5.75. The van der Waals surface area contributed by atoms with Crippen LogP contribution in [0.1, 0.15) is 5.56 Å². The van der Waals surface area contributed by atoms with Crippen LogP contribution < -0.4 is 5.32 Å². The van der Waals surface area contributed by atoms with E-state index >= 15 is 0 Å². The largest absolute Gasteiger partial charge is 0.455 e. The van der Waals surface area contributed by atoms with Gasteiger partial charge in [0.1, 0.15) is 17.3 Å². The van der Waals surface area contributed by atoms with Gasteiger partial charge >= 0.3 is 0 Å². The number of furan rings is 1. The normalized spacial score (nSPS) is 16.3. The Morgan fingerprint density at radius 1 is 0.605 bits per heavy atom. The van der Waals surface area contributed by atoms with Crippen molar-refractivity contribution in [2.24, 2.45) is 0 Å². The van der Waals surface area contributed by atoms with Gasteiger partial charge in [-0.15, -0.1) is 0 Å². The van der Waals surface area contributed by atoms with E-state index in [1.54, 1.807) is 0 Å². The lowest BCUT2D eigenvalue weighted by molar-refractivity contribution is 0.427. The monoisotopic (exact) mass is 488 g/mol. The van der Waals surface area contributed by atoms with Crippen LogP contribution in [0.25, 0.3) is 60.7 Å². The van der Waals surface area contributed by atoms with Crippen LogP contribution in [0.2, 0.25) is 0 Å². The van der Waals surface area contributed by atoms with Gasteiger partial charge in [-0.25, -0.2) is 0 Å². The Labute approximate surface area is 220 Å². The molecule has 0 spiro atoms. The molecule has 1 unspecified atom stereocenters. The SMILES string of the molecule is C1=CC2NC(c3ccc(-c4cccc(-c5cc6c7ccccc7oc6c6ccccc56)c4)cc3)=CN2C=C1. The first-order valence-corrected chi connectivity index (χ1v) is 13.0. The minimum absolute atomic E-state index is 0.200. The third-order valence-corrected chi connectivity index (χ3v) is 7.65. The summed E-state index contributed by atoms with van der Waals surface area (Å²) in [5, 5.41) is 8.23. The molecule has 0 amide bonds. The van der Waals surface area contributed by atoms with Crippen molar-refractivity contribution in [3.63, 3.8) is 0 Å². The van der Waals surface area contributed by atoms with Crippen LogP contribution in [-0.2, 0) is 0 Å². The molecule has 180 valence electrons. The van der Waals surface area contributed by atoms with Gasteiger partial charge in [-0.2, -0.15) is 0 Å². The van der Waals surface area contributed by atoms with E-state index in [1.165, 1.54) is 33.2 Å². The summed E-state index contributed by atoms with van der Waals surface area (Å²) in [5.41, 5.74) is 9.02. The highest BCUT2D eigenvalue weighted by atomic mass is 16.3. The number of nitrogens with zero attached hydrogens (tertiary/aromatic N) is 1. The van der Waals surface area contributed by atoms with Gasteiger partial charge in [-0.05, 0) is 63.6 Å². The average molecular weight is 489 g/mol. The Kier molecular flexibility index (Phi) is 4.58. The molecule has 2 aliphatic rings. The number of fused-ring (bicyclic) bond motifs is 6. The van der Waals surface area contributed by atoms with Gasteiger partial charge in [-0.1, -0.05) is 91.0 Å². The third-order valence-electron chi connectivity index (χ3n) is 7.65. The van der Waals surface area contributed by atoms with Crippen molar-refractivity contribution < 1.29 is 4.42 Å². The molecule has 1 aromatic heterocycles. The van der Waals surface area contributed by atoms with E-state index in [1.807, 2.05) is 12.1 Å². The van der Waals surface area contributed by atoms with E-state index in [4.69, 9.17) is 4.42 Å². The fourth-order valence-corrected chi connectivity index (χ4v) is 5.75. The smallest absolute Gasteiger partial charge is 0.143 e. The molecule has 38 heavy (non-hydrogen) atoms. The van der Waals surface area contributed by atoms with Crippen LogP contribution in [-0.4, -0.2) is 11.1 Å². The molecule has 0 radical (unpaired) electrons. The van der Waals surface area contributed by atoms with Gasteiger partial charge < -0.3 is 14.6 Å². The van der Waals surface area contributed by atoms with Gasteiger partial charge in [0.15, 0.2) is 0 Å². The van der Waals surface area contributed by atoms with E-state index in [-0.39, 0.29) is 6.17 Å². The number of para-hydroxylation sites is 1. The summed E-state index contributed by atoms with van der Waals surface area (Å²) in [6, 6.07) is 36.8. The van der Waals surface area contributed by atoms with E-state index in [0.29, 0.717) is 0 Å². The van der Waals surface area contributed by atoms with Crippen LogP contribution in [0.4, 0.5) is 0 Å². The second kappa shape index (κ2) is 8.25. The Hall–Kier alpha value is -5.02. The van der Waals surface area contributed by atoms with Gasteiger partial charge in [0, 0.05) is 28.6 Å². The van der Waals surface area contributed by atoms with E-state index in [9.17, 15) is 0 Å². The minimum atomic E-state index is 0.200. The first kappa shape index (κ1) is 21.1. The zero-order valence-electron chi connectivity index (χ0n) is 20.6. The first-order valence-electron chi connectivity index (χ1n) is 13.0. The molecule has 8 rings (SSSR count). The summed E-state index contributed by atoms with van der Waals surface area (Å²) in [6.45, 7) is 0. The first-order chi connectivity index (χ1) is 18.8. The number of rotatable bonds is 3. The summed E-state index contributed by atoms with van der Waals surface area (Å²) in [5.74, 6) is 0. The lowest BCUT2D eigenvalue weighted by atomic mass is 9.93. The summed E-state index contributed by atoms with van der Waals surface area (Å²) in [6.07, 6.45) is 10.8. The van der Waals surface area contributed by atoms with Crippen LogP contribution in [0.15, 0.2) is 138 Å². The predicted octanol–water partition coefficient (Wildman–Crippen LogP) is 8.69. The molecular formula is C35H24N2O. The lowest BCUT2D eigenvalue weighted by Crippen LogP contribution is -2.31. The molecular weight excluding hydrogens is 464 g/mol. The molecule has 1 N–H and O–H groups in total. The van der Waals surface area contributed by atoms with Crippen molar-refractivity contribution >= 4 is 38.4 Å². The highest BCUT2D eigenvalue weighted by Gasteiger charge is 2.21. The predicted molar refractivity (Wildman–Crippen MR) is 157 cm³/mol. The van der Waals surface area contributed by atoms with E-state index in [0.717, 1.165) is 33.0 Å². The molecule has 6 aromatic rings. The highest BCUT2D eigenvalue weighted by Crippen LogP contribution is 2.40. The molecule has 0 fully saturated rings. The molecule has 5 aromatic carbocycles. The number of hydrogen-bond acceptors (Lipinski definition) is 3. The van der Waals surface area contributed by atoms with Crippen molar-refractivity contribution in [2.75, 3.05) is 0 Å². The fraction of sp³-hybridized carbons (Fsp3) is 0.0286. The maximum Gasteiger partial charge on any atom is 0.143 e. The molecule has 2 aliphatic heterocycles. The van der Waals surface area contributed by atoms with Crippen LogP contribution in [0.5, 0.6) is 0 Å². The van der Waals surface area contributed by atoms with Gasteiger partial charge in [0.2, 0.25) is 0 Å². The second-order valence-electron chi connectivity index (χ2n) is 9.91. The zero-order valence-corrected chi connectivity index (χ0v) is 20.6. The van der Waals surface area contributed by atoms with Crippen LogP contribution in [0.3, 0.4) is 0 Å². The second-order valence-corrected chi connectivity index (χ2v) is 9.91. The van der Waals surface area contributed by atoms with Gasteiger partial charge in [0.05, 0.1) is 5.70 Å². The number of hydrogen-bond donors (Lipinski definition) is 1. The van der Waals surface area contributed by atoms with E-state index < -0.39 is 0 Å². The molecule has 0 aliphatic carbocycles. The molecule has 0 bridgehead atoms. The molecule has 1 atom stereocenters. The van der Waals surface area contributed by atoms with Gasteiger partial charge in [0.25, 0.3) is 0 Å². The average Bonchev–Trinajstić information content (AvgIpc) is 3.59. The van der Waals surface area contributed by atoms with Crippen molar-refractivity contribution in [3.8, 4) is 22.3 Å². The Morgan fingerprint density at radius 3 is 2.24 bits per heavy atom. The van der Waals surface area contributed by atoms with Crippen molar-refractivity contribution in [3.05, 3.63) is 139 Å². The van der Waals surface area contributed by atoms with Gasteiger partial charge in [-0.3, -0.25) is 0 Å². The maximum atomic E-state index is 6.31. The van der Waals surface area contributed by atoms with Crippen molar-refractivity contribution in [1.29, 1.82) is 0 Å². The van der Waals surface area contributed by atoms with E-state index in [2.05, 4.69) is 132 Å². The zero-order chi connectivity index (χ0) is 25.1. The quantitative estimate of drug-likeness (QED) is 0.270. The van der Waals surface area contributed by atoms with Crippen LogP contribution in [0, 0.1) is 0 Å². The summed E-state index contributed by atoms with van der Waals surface area (Å²) >= 11 is 0. The number of benzene rings is 5. The van der Waals surface area contributed by atoms with Crippen molar-refractivity contribution in [1.82, 2.24) is 10.2 Å². The Bertz CT molecular complexity index is 1960. The summed E-state index contributed by atoms with van der Waals surface area (Å²) in [7, 11) is 0. The Balaban J connectivity index is 1.21. The minimum Gasteiger partial charge on any atom is -0.455 e. The third kappa shape index (κ3) is 3.29. The number of nitrogens with one attached hydrogen (secondary N) is 1. The Morgan fingerprint density at radius 2 is 1.37 bits per heavy atom. The molecule has 3 heteroatoms. The summed E-state index contributed by atoms with van der Waals surface area (Å²) < 4.78 is 6.31.